The van der Waals surface area contributed by atoms with Crippen LogP contribution in [0.15, 0.2) is 48.5 Å². The van der Waals surface area contributed by atoms with Crippen LogP contribution in [0.25, 0.3) is 11.1 Å². The Morgan fingerprint density at radius 3 is 2.52 bits per heavy atom. The van der Waals surface area contributed by atoms with Crippen molar-refractivity contribution in [2.24, 2.45) is 0 Å². The van der Waals surface area contributed by atoms with E-state index >= 15 is 0 Å². The molecule has 7 heteroatoms. The number of amides is 4. The molecule has 1 atom stereocenters. The van der Waals surface area contributed by atoms with Gasteiger partial charge < -0.3 is 10.2 Å². The molecule has 27 heavy (non-hydrogen) atoms. The van der Waals surface area contributed by atoms with Crippen molar-refractivity contribution >= 4 is 29.4 Å². The Morgan fingerprint density at radius 2 is 1.85 bits per heavy atom. The zero-order chi connectivity index (χ0) is 19.0. The number of carbonyl (C=O) groups excluding carboxylic acids is 3. The molecule has 138 valence electrons. The summed E-state index contributed by atoms with van der Waals surface area (Å²) in [6.07, 6.45) is 0.603. The molecule has 0 saturated carbocycles. The van der Waals surface area contributed by atoms with Crippen LogP contribution in [0.3, 0.4) is 0 Å². The minimum Gasteiger partial charge on any atom is -0.336 e. The summed E-state index contributed by atoms with van der Waals surface area (Å²) in [6, 6.07) is 14.3. The number of halogens is 1. The molecule has 2 aliphatic rings. The van der Waals surface area contributed by atoms with Gasteiger partial charge in [0.15, 0.2) is 0 Å². The van der Waals surface area contributed by atoms with Crippen molar-refractivity contribution in [3.63, 3.8) is 0 Å². The van der Waals surface area contributed by atoms with Crippen molar-refractivity contribution in [2.45, 2.75) is 12.5 Å². The lowest BCUT2D eigenvalue weighted by molar-refractivity contribution is -0.126. The summed E-state index contributed by atoms with van der Waals surface area (Å²) in [6.45, 7) is 0.929. The van der Waals surface area contributed by atoms with E-state index in [4.69, 9.17) is 11.6 Å². The number of urea groups is 1. The number of nitrogens with zero attached hydrogens (tertiary/aromatic N) is 2. The number of likely N-dealkylation sites (tertiary alicyclic amines) is 1. The Hall–Kier alpha value is -2.86. The van der Waals surface area contributed by atoms with Gasteiger partial charge in [0.05, 0.1) is 12.6 Å². The maximum absolute atomic E-state index is 12.8. The number of imide groups is 1. The van der Waals surface area contributed by atoms with Gasteiger partial charge in [-0.1, -0.05) is 35.9 Å². The molecule has 4 amide bonds. The molecule has 2 aromatic rings. The van der Waals surface area contributed by atoms with Gasteiger partial charge in [0, 0.05) is 23.7 Å². The van der Waals surface area contributed by atoms with Crippen LogP contribution in [-0.2, 0) is 4.79 Å². The van der Waals surface area contributed by atoms with Crippen molar-refractivity contribution in [1.29, 1.82) is 0 Å². The van der Waals surface area contributed by atoms with Crippen molar-refractivity contribution in [2.75, 3.05) is 19.6 Å². The van der Waals surface area contributed by atoms with Crippen molar-refractivity contribution < 1.29 is 14.4 Å². The molecule has 0 aliphatic carbocycles. The normalized spacial score (nSPS) is 19.5. The Morgan fingerprint density at radius 1 is 1.07 bits per heavy atom. The molecule has 0 spiro atoms. The molecular formula is C20H18ClN3O3. The third-order valence-corrected chi connectivity index (χ3v) is 5.22. The highest BCUT2D eigenvalue weighted by Gasteiger charge is 2.39. The molecule has 1 unspecified atom stereocenters. The van der Waals surface area contributed by atoms with Crippen LogP contribution < -0.4 is 5.32 Å². The molecule has 0 bridgehead atoms. The lowest BCUT2D eigenvalue weighted by atomic mass is 10.0. The zero-order valence-corrected chi connectivity index (χ0v) is 15.3. The molecule has 2 saturated heterocycles. The molecule has 0 radical (unpaired) electrons. The minimum atomic E-state index is -0.370. The molecule has 2 aliphatic heterocycles. The molecule has 6 nitrogen and oxygen atoms in total. The number of nitrogens with one attached hydrogen (secondary N) is 1. The largest absolute Gasteiger partial charge is 0.336 e. The van der Waals surface area contributed by atoms with Gasteiger partial charge in [0.1, 0.15) is 0 Å². The highest BCUT2D eigenvalue weighted by atomic mass is 35.5. The number of carbonyl (C=O) groups is 3. The maximum Gasteiger partial charge on any atom is 0.324 e. The van der Waals surface area contributed by atoms with Gasteiger partial charge in [-0.15, -0.1) is 0 Å². The molecule has 2 heterocycles. The summed E-state index contributed by atoms with van der Waals surface area (Å²) < 4.78 is 0. The molecular weight excluding hydrogens is 366 g/mol. The maximum atomic E-state index is 12.8. The summed E-state index contributed by atoms with van der Waals surface area (Å²) in [5.41, 5.74) is 2.55. The van der Waals surface area contributed by atoms with E-state index in [-0.39, 0.29) is 30.4 Å². The van der Waals surface area contributed by atoms with E-state index < -0.39 is 0 Å². The van der Waals surface area contributed by atoms with Crippen molar-refractivity contribution in [3.05, 3.63) is 59.1 Å². The van der Waals surface area contributed by atoms with E-state index in [1.807, 2.05) is 36.4 Å². The first-order chi connectivity index (χ1) is 13.0. The van der Waals surface area contributed by atoms with Gasteiger partial charge >= 0.3 is 6.03 Å². The fourth-order valence-electron chi connectivity index (χ4n) is 3.60. The van der Waals surface area contributed by atoms with Crippen LogP contribution >= 0.6 is 11.6 Å². The first-order valence-corrected chi connectivity index (χ1v) is 9.16. The number of rotatable bonds is 3. The van der Waals surface area contributed by atoms with Crippen LogP contribution in [0.2, 0.25) is 5.02 Å². The van der Waals surface area contributed by atoms with Crippen LogP contribution in [0.5, 0.6) is 0 Å². The second-order valence-corrected chi connectivity index (χ2v) is 7.14. The fraction of sp³-hybridized carbons (Fsp3) is 0.250. The molecule has 2 aromatic carbocycles. The fourth-order valence-corrected chi connectivity index (χ4v) is 3.79. The number of hydrogen-bond donors (Lipinski definition) is 1. The summed E-state index contributed by atoms with van der Waals surface area (Å²) >= 11 is 6.03. The summed E-state index contributed by atoms with van der Waals surface area (Å²) in [7, 11) is 0. The van der Waals surface area contributed by atoms with Gasteiger partial charge in [-0.2, -0.15) is 0 Å². The molecule has 4 rings (SSSR count). The van der Waals surface area contributed by atoms with E-state index in [2.05, 4.69) is 5.32 Å². The molecule has 2 fully saturated rings. The Labute approximate surface area is 161 Å². The Bertz CT molecular complexity index is 897. The average Bonchev–Trinajstić information content (AvgIpc) is 3.28. The highest BCUT2D eigenvalue weighted by molar-refractivity contribution is 6.30. The van der Waals surface area contributed by atoms with E-state index in [0.29, 0.717) is 30.1 Å². The lowest BCUT2D eigenvalue weighted by Crippen LogP contribution is -2.42. The van der Waals surface area contributed by atoms with E-state index in [1.54, 1.807) is 17.0 Å². The predicted octanol–water partition coefficient (Wildman–Crippen LogP) is 2.77. The quantitative estimate of drug-likeness (QED) is 0.828. The minimum absolute atomic E-state index is 0.0360. The van der Waals surface area contributed by atoms with E-state index in [1.165, 1.54) is 4.90 Å². The van der Waals surface area contributed by atoms with Gasteiger partial charge in [0.25, 0.3) is 5.91 Å². The molecule has 0 aromatic heterocycles. The average molecular weight is 384 g/mol. The molecule has 1 N–H and O–H groups in total. The third kappa shape index (κ3) is 3.40. The SMILES string of the molecule is O=C(c1ccc(-c2cccc(Cl)c2)cc1)N1CCC(N2C(=O)CNC2=O)C1. The lowest BCUT2D eigenvalue weighted by Gasteiger charge is -2.21. The first-order valence-electron chi connectivity index (χ1n) is 8.78. The predicted molar refractivity (Wildman–Crippen MR) is 101 cm³/mol. The zero-order valence-electron chi connectivity index (χ0n) is 14.5. The van der Waals surface area contributed by atoms with E-state index in [9.17, 15) is 14.4 Å². The second kappa shape index (κ2) is 7.04. The number of hydrogen-bond acceptors (Lipinski definition) is 3. The van der Waals surface area contributed by atoms with Gasteiger partial charge in [-0.05, 0) is 41.8 Å². The number of benzene rings is 2. The van der Waals surface area contributed by atoms with Gasteiger partial charge in [0.2, 0.25) is 5.91 Å². The summed E-state index contributed by atoms with van der Waals surface area (Å²) in [4.78, 5) is 39.4. The highest BCUT2D eigenvalue weighted by Crippen LogP contribution is 2.24. The Balaban J connectivity index is 1.46. The smallest absolute Gasteiger partial charge is 0.324 e. The summed E-state index contributed by atoms with van der Waals surface area (Å²) in [5.74, 6) is -0.327. The van der Waals surface area contributed by atoms with Crippen LogP contribution in [0.4, 0.5) is 4.79 Å². The van der Waals surface area contributed by atoms with E-state index in [0.717, 1.165) is 11.1 Å². The van der Waals surface area contributed by atoms with Gasteiger partial charge in [-0.3, -0.25) is 14.5 Å². The van der Waals surface area contributed by atoms with Crippen molar-refractivity contribution in [1.82, 2.24) is 15.1 Å². The van der Waals surface area contributed by atoms with Gasteiger partial charge in [-0.25, -0.2) is 4.79 Å². The topological polar surface area (TPSA) is 69.7 Å². The monoisotopic (exact) mass is 383 g/mol. The Kier molecular flexibility index (Phi) is 4.58. The summed E-state index contributed by atoms with van der Waals surface area (Å²) in [5, 5.41) is 3.19. The van der Waals surface area contributed by atoms with Crippen LogP contribution in [0, 0.1) is 0 Å². The van der Waals surface area contributed by atoms with Crippen LogP contribution in [-0.4, -0.2) is 53.3 Å². The second-order valence-electron chi connectivity index (χ2n) is 6.70. The standard InChI is InChI=1S/C20H18ClN3O3/c21-16-3-1-2-15(10-16)13-4-6-14(7-5-13)19(26)23-9-8-17(12-23)24-18(25)11-22-20(24)27/h1-7,10,17H,8-9,11-12H2,(H,22,27). The first kappa shape index (κ1) is 17.5. The van der Waals surface area contributed by atoms with Crippen LogP contribution in [0.1, 0.15) is 16.8 Å². The third-order valence-electron chi connectivity index (χ3n) is 4.98. The van der Waals surface area contributed by atoms with Crippen molar-refractivity contribution in [3.8, 4) is 11.1 Å².